The van der Waals surface area contributed by atoms with Gasteiger partial charge in [0.1, 0.15) is 5.75 Å². The van der Waals surface area contributed by atoms with Crippen molar-refractivity contribution in [3.63, 3.8) is 0 Å². The number of nitro benzene ring substituents is 1. The van der Waals surface area contributed by atoms with Gasteiger partial charge in [0.2, 0.25) is 0 Å². The van der Waals surface area contributed by atoms with E-state index in [1.165, 1.54) is 48.0 Å². The number of nitro groups is 1. The van der Waals surface area contributed by atoms with Gasteiger partial charge in [-0.1, -0.05) is 25.1 Å². The van der Waals surface area contributed by atoms with Gasteiger partial charge in [-0.25, -0.2) is 0 Å². The Kier molecular flexibility index (Phi) is 5.79. The summed E-state index contributed by atoms with van der Waals surface area (Å²) in [6, 6.07) is 12.9. The van der Waals surface area contributed by atoms with Gasteiger partial charge >= 0.3 is 0 Å². The van der Waals surface area contributed by atoms with Crippen LogP contribution in [-0.2, 0) is 16.1 Å². The summed E-state index contributed by atoms with van der Waals surface area (Å²) in [5.41, 5.74) is 1.42. The first-order valence-corrected chi connectivity index (χ1v) is 9.56. The lowest BCUT2D eigenvalue weighted by molar-refractivity contribution is -0.384. The van der Waals surface area contributed by atoms with Crippen LogP contribution in [0.15, 0.2) is 53.4 Å². The second kappa shape index (κ2) is 8.26. The van der Waals surface area contributed by atoms with E-state index >= 15 is 0 Å². The maximum atomic E-state index is 13.1. The lowest BCUT2D eigenvalue weighted by atomic mass is 10.1. The second-order valence-corrected chi connectivity index (χ2v) is 7.22. The predicted octanol–water partition coefficient (Wildman–Crippen LogP) is 3.64. The van der Waals surface area contributed by atoms with E-state index < -0.39 is 10.8 Å². The minimum absolute atomic E-state index is 0.0725. The number of non-ortho nitro benzene ring substituents is 1. The second-order valence-electron chi connectivity index (χ2n) is 5.95. The predicted molar refractivity (Wildman–Crippen MR) is 107 cm³/mol. The highest BCUT2D eigenvalue weighted by atomic mass is 32.2. The average molecular weight is 398 g/mol. The first-order valence-electron chi connectivity index (χ1n) is 8.57. The third-order valence-electron chi connectivity index (χ3n) is 4.30. The van der Waals surface area contributed by atoms with Crippen molar-refractivity contribution in [2.45, 2.75) is 13.5 Å². The van der Waals surface area contributed by atoms with Gasteiger partial charge < -0.3 is 4.74 Å². The number of hydrogen-bond donors (Lipinski definition) is 0. The lowest BCUT2D eigenvalue weighted by Crippen LogP contribution is -2.31. The zero-order chi connectivity index (χ0) is 20.3. The Morgan fingerprint density at radius 1 is 1.07 bits per heavy atom. The average Bonchev–Trinajstić information content (AvgIpc) is 2.93. The molecule has 0 N–H and O–H groups in total. The molecule has 0 fully saturated rings. The van der Waals surface area contributed by atoms with Gasteiger partial charge in [-0.15, -0.1) is 11.8 Å². The maximum Gasteiger partial charge on any atom is 0.269 e. The lowest BCUT2D eigenvalue weighted by Gasteiger charge is -2.17. The highest BCUT2D eigenvalue weighted by Gasteiger charge is 2.39. The van der Waals surface area contributed by atoms with E-state index in [0.717, 1.165) is 5.56 Å². The van der Waals surface area contributed by atoms with Gasteiger partial charge in [0.05, 0.1) is 29.1 Å². The van der Waals surface area contributed by atoms with Crippen LogP contribution in [0.3, 0.4) is 0 Å². The topological polar surface area (TPSA) is 89.8 Å². The molecule has 2 aromatic carbocycles. The Bertz CT molecular complexity index is 969. The first-order chi connectivity index (χ1) is 13.5. The summed E-state index contributed by atoms with van der Waals surface area (Å²) in [6.07, 6.45) is 0. The maximum absolute atomic E-state index is 13.1. The van der Waals surface area contributed by atoms with Crippen molar-refractivity contribution in [1.82, 2.24) is 4.90 Å². The van der Waals surface area contributed by atoms with Crippen LogP contribution in [0, 0.1) is 10.1 Å². The molecule has 0 aromatic heterocycles. The van der Waals surface area contributed by atoms with Crippen LogP contribution < -0.4 is 4.74 Å². The molecule has 28 heavy (non-hydrogen) atoms. The minimum atomic E-state index is -0.504. The van der Waals surface area contributed by atoms with Gasteiger partial charge in [-0.3, -0.25) is 24.6 Å². The van der Waals surface area contributed by atoms with E-state index in [9.17, 15) is 19.7 Å². The number of amides is 2. The number of nitrogens with zero attached hydrogens (tertiary/aromatic N) is 2. The highest BCUT2D eigenvalue weighted by Crippen LogP contribution is 2.37. The van der Waals surface area contributed by atoms with Gasteiger partial charge in [-0.2, -0.15) is 0 Å². The first kappa shape index (κ1) is 19.6. The van der Waals surface area contributed by atoms with Gasteiger partial charge in [0.15, 0.2) is 0 Å². The van der Waals surface area contributed by atoms with Crippen LogP contribution in [0.5, 0.6) is 5.75 Å². The van der Waals surface area contributed by atoms with Crippen molar-refractivity contribution in [1.29, 1.82) is 0 Å². The number of benzene rings is 2. The largest absolute Gasteiger partial charge is 0.496 e. The Morgan fingerprint density at radius 2 is 1.75 bits per heavy atom. The van der Waals surface area contributed by atoms with Crippen molar-refractivity contribution < 1.29 is 19.2 Å². The number of carbonyl (C=O) groups is 2. The molecule has 0 saturated heterocycles. The van der Waals surface area contributed by atoms with Crippen LogP contribution in [0.4, 0.5) is 5.69 Å². The summed E-state index contributed by atoms with van der Waals surface area (Å²) in [5, 5.41) is 10.9. The molecule has 0 spiro atoms. The van der Waals surface area contributed by atoms with E-state index in [1.54, 1.807) is 12.1 Å². The fourth-order valence-electron chi connectivity index (χ4n) is 2.98. The monoisotopic (exact) mass is 398 g/mol. The van der Waals surface area contributed by atoms with E-state index in [-0.39, 0.29) is 23.7 Å². The molecular formula is C20H18N2O5S. The summed E-state index contributed by atoms with van der Waals surface area (Å²) in [4.78, 5) is 38.0. The van der Waals surface area contributed by atoms with Crippen LogP contribution >= 0.6 is 11.8 Å². The van der Waals surface area contributed by atoms with E-state index in [2.05, 4.69) is 0 Å². The number of imide groups is 1. The van der Waals surface area contributed by atoms with Crippen molar-refractivity contribution in [3.05, 3.63) is 74.7 Å². The number of ether oxygens (including phenoxy) is 1. The molecule has 0 radical (unpaired) electrons. The van der Waals surface area contributed by atoms with Crippen LogP contribution in [0.25, 0.3) is 5.57 Å². The van der Waals surface area contributed by atoms with Crippen molar-refractivity contribution in [2.75, 3.05) is 12.9 Å². The molecule has 8 heteroatoms. The van der Waals surface area contributed by atoms with Gasteiger partial charge in [-0.05, 0) is 29.5 Å². The Labute approximate surface area is 166 Å². The minimum Gasteiger partial charge on any atom is -0.496 e. The highest BCUT2D eigenvalue weighted by molar-refractivity contribution is 8.04. The molecule has 7 nitrogen and oxygen atoms in total. The van der Waals surface area contributed by atoms with Crippen LogP contribution in [-0.4, -0.2) is 34.5 Å². The number of methoxy groups -OCH3 is 1. The van der Waals surface area contributed by atoms with E-state index in [4.69, 9.17) is 4.74 Å². The van der Waals surface area contributed by atoms with Crippen molar-refractivity contribution in [2.24, 2.45) is 0 Å². The fraction of sp³-hybridized carbons (Fsp3) is 0.200. The summed E-state index contributed by atoms with van der Waals surface area (Å²) >= 11 is 1.29. The summed E-state index contributed by atoms with van der Waals surface area (Å²) in [5.74, 6) is 0.432. The SMILES string of the molecule is CCSC1=C(c2ccc([N+](=O)[O-])cc2)C(=O)N(Cc2ccccc2OC)C1=O. The molecule has 3 rings (SSSR count). The number of carbonyl (C=O) groups excluding carboxylic acids is 2. The summed E-state index contributed by atoms with van der Waals surface area (Å²) in [7, 11) is 1.53. The Balaban J connectivity index is 1.97. The zero-order valence-electron chi connectivity index (χ0n) is 15.4. The molecule has 1 aliphatic heterocycles. The smallest absolute Gasteiger partial charge is 0.269 e. The molecule has 0 unspecified atom stereocenters. The third kappa shape index (κ3) is 3.63. The summed E-state index contributed by atoms with van der Waals surface area (Å²) < 4.78 is 5.32. The third-order valence-corrected chi connectivity index (χ3v) is 5.26. The Hall–Kier alpha value is -3.13. The number of thioether (sulfide) groups is 1. The normalized spacial score (nSPS) is 14.0. The molecule has 2 amide bonds. The number of hydrogen-bond acceptors (Lipinski definition) is 6. The molecule has 1 heterocycles. The number of rotatable bonds is 7. The standard InChI is InChI=1S/C20H18N2O5S/c1-3-28-18-17(13-8-10-15(11-9-13)22(25)26)19(23)21(20(18)24)12-14-6-4-5-7-16(14)27-2/h4-11H,3,12H2,1-2H3. The van der Waals surface area contributed by atoms with Crippen molar-refractivity contribution >= 4 is 34.8 Å². The van der Waals surface area contributed by atoms with Gasteiger partial charge in [0.25, 0.3) is 17.5 Å². The molecule has 2 aromatic rings. The molecule has 144 valence electrons. The molecular weight excluding hydrogens is 380 g/mol. The molecule has 0 aliphatic carbocycles. The molecule has 0 saturated carbocycles. The van der Waals surface area contributed by atoms with E-state index in [1.807, 2.05) is 19.1 Å². The Morgan fingerprint density at radius 3 is 2.36 bits per heavy atom. The number of para-hydroxylation sites is 1. The van der Waals surface area contributed by atoms with Crippen LogP contribution in [0.2, 0.25) is 0 Å². The molecule has 1 aliphatic rings. The van der Waals surface area contributed by atoms with Crippen LogP contribution in [0.1, 0.15) is 18.1 Å². The zero-order valence-corrected chi connectivity index (χ0v) is 16.2. The van der Waals surface area contributed by atoms with Gasteiger partial charge in [0, 0.05) is 17.7 Å². The van der Waals surface area contributed by atoms with E-state index in [0.29, 0.717) is 22.0 Å². The quantitative estimate of drug-likeness (QED) is 0.402. The summed E-state index contributed by atoms with van der Waals surface area (Å²) in [6.45, 7) is 1.98. The molecule has 0 atom stereocenters. The van der Waals surface area contributed by atoms with Crippen molar-refractivity contribution in [3.8, 4) is 5.75 Å². The fourth-order valence-corrected chi connectivity index (χ4v) is 3.86. The molecule has 0 bridgehead atoms.